The Morgan fingerprint density at radius 1 is 1.31 bits per heavy atom. The number of nitriles is 1. The molecule has 0 radical (unpaired) electrons. The summed E-state index contributed by atoms with van der Waals surface area (Å²) in [5, 5.41) is 8.32. The van der Waals surface area contributed by atoms with Gasteiger partial charge in [0.25, 0.3) is 0 Å². The standard InChI is InChI=1S/C9H8F2N2/c10-7-3-6(4-8(11)5-7)9(13)1-2-12/h3-5,9H,1,13H2/t9-/m0/s1. The second-order valence-electron chi connectivity index (χ2n) is 2.67. The SMILES string of the molecule is N#CC[C@H](N)c1cc(F)cc(F)c1. The molecule has 0 fully saturated rings. The summed E-state index contributed by atoms with van der Waals surface area (Å²) in [7, 11) is 0. The third-order valence-electron chi connectivity index (χ3n) is 1.62. The van der Waals surface area contributed by atoms with Gasteiger partial charge in [-0.05, 0) is 17.7 Å². The molecule has 0 bridgehead atoms. The first kappa shape index (κ1) is 9.62. The summed E-state index contributed by atoms with van der Waals surface area (Å²) >= 11 is 0. The number of benzene rings is 1. The lowest BCUT2D eigenvalue weighted by Gasteiger charge is -2.07. The number of halogens is 2. The molecule has 68 valence electrons. The van der Waals surface area contributed by atoms with Crippen molar-refractivity contribution in [3.63, 3.8) is 0 Å². The minimum absolute atomic E-state index is 0.0445. The molecule has 1 atom stereocenters. The molecule has 4 heteroatoms. The third kappa shape index (κ3) is 2.49. The van der Waals surface area contributed by atoms with Gasteiger partial charge in [0.2, 0.25) is 0 Å². The van der Waals surface area contributed by atoms with E-state index in [1.165, 1.54) is 0 Å². The van der Waals surface area contributed by atoms with Crippen LogP contribution in [0.3, 0.4) is 0 Å². The molecule has 13 heavy (non-hydrogen) atoms. The van der Waals surface area contributed by atoms with Crippen LogP contribution >= 0.6 is 0 Å². The van der Waals surface area contributed by atoms with E-state index in [-0.39, 0.29) is 6.42 Å². The van der Waals surface area contributed by atoms with Crippen LogP contribution in [0.5, 0.6) is 0 Å². The first-order chi connectivity index (χ1) is 6.13. The van der Waals surface area contributed by atoms with E-state index in [2.05, 4.69) is 0 Å². The van der Waals surface area contributed by atoms with Gasteiger partial charge in [0.15, 0.2) is 0 Å². The maximum Gasteiger partial charge on any atom is 0.126 e. The van der Waals surface area contributed by atoms with Crippen molar-refractivity contribution in [3.05, 3.63) is 35.4 Å². The number of hydrogen-bond donors (Lipinski definition) is 1. The van der Waals surface area contributed by atoms with Crippen LogP contribution in [-0.4, -0.2) is 0 Å². The molecule has 0 spiro atoms. The Kier molecular flexibility index (Phi) is 2.93. The highest BCUT2D eigenvalue weighted by atomic mass is 19.1. The molecular weight excluding hydrogens is 174 g/mol. The van der Waals surface area contributed by atoms with Gasteiger partial charge in [-0.3, -0.25) is 0 Å². The molecule has 0 aromatic heterocycles. The van der Waals surface area contributed by atoms with Gasteiger partial charge in [-0.25, -0.2) is 8.78 Å². The normalized spacial score (nSPS) is 12.2. The maximum absolute atomic E-state index is 12.7. The molecule has 0 aliphatic heterocycles. The highest BCUT2D eigenvalue weighted by Gasteiger charge is 2.08. The van der Waals surface area contributed by atoms with Crippen molar-refractivity contribution in [2.24, 2.45) is 5.73 Å². The van der Waals surface area contributed by atoms with Crippen molar-refractivity contribution in [2.45, 2.75) is 12.5 Å². The van der Waals surface area contributed by atoms with E-state index in [9.17, 15) is 8.78 Å². The zero-order valence-corrected chi connectivity index (χ0v) is 6.80. The topological polar surface area (TPSA) is 49.8 Å². The van der Waals surface area contributed by atoms with Crippen LogP contribution in [0.4, 0.5) is 8.78 Å². The summed E-state index contributed by atoms with van der Waals surface area (Å²) in [6.07, 6.45) is 0.0445. The number of nitrogens with two attached hydrogens (primary N) is 1. The zero-order chi connectivity index (χ0) is 9.84. The van der Waals surface area contributed by atoms with Gasteiger partial charge in [0, 0.05) is 12.1 Å². The fourth-order valence-corrected chi connectivity index (χ4v) is 1.01. The van der Waals surface area contributed by atoms with Gasteiger partial charge in [-0.15, -0.1) is 0 Å². The van der Waals surface area contributed by atoms with E-state index in [4.69, 9.17) is 11.0 Å². The van der Waals surface area contributed by atoms with E-state index in [0.717, 1.165) is 18.2 Å². The Balaban J connectivity index is 2.95. The van der Waals surface area contributed by atoms with Crippen LogP contribution in [-0.2, 0) is 0 Å². The van der Waals surface area contributed by atoms with E-state index in [1.54, 1.807) is 0 Å². The van der Waals surface area contributed by atoms with E-state index < -0.39 is 17.7 Å². The first-order valence-corrected chi connectivity index (χ1v) is 3.72. The monoisotopic (exact) mass is 182 g/mol. The molecule has 0 amide bonds. The number of rotatable bonds is 2. The van der Waals surface area contributed by atoms with Crippen LogP contribution in [0, 0.1) is 23.0 Å². The Labute approximate surface area is 74.6 Å². The molecule has 0 heterocycles. The largest absolute Gasteiger partial charge is 0.323 e. The lowest BCUT2D eigenvalue weighted by atomic mass is 10.1. The van der Waals surface area contributed by atoms with Gasteiger partial charge in [0.05, 0.1) is 12.5 Å². The fourth-order valence-electron chi connectivity index (χ4n) is 1.01. The Morgan fingerprint density at radius 3 is 2.31 bits per heavy atom. The highest BCUT2D eigenvalue weighted by molar-refractivity contribution is 5.21. The minimum Gasteiger partial charge on any atom is -0.323 e. The number of nitrogens with zero attached hydrogens (tertiary/aromatic N) is 1. The molecule has 0 saturated heterocycles. The van der Waals surface area contributed by atoms with Crippen molar-refractivity contribution in [1.29, 1.82) is 5.26 Å². The molecule has 1 rings (SSSR count). The zero-order valence-electron chi connectivity index (χ0n) is 6.80. The van der Waals surface area contributed by atoms with Crippen LogP contribution in [0.1, 0.15) is 18.0 Å². The Morgan fingerprint density at radius 2 is 1.85 bits per heavy atom. The van der Waals surface area contributed by atoms with Crippen molar-refractivity contribution in [3.8, 4) is 6.07 Å². The summed E-state index contributed by atoms with van der Waals surface area (Å²) in [5.74, 6) is -1.35. The van der Waals surface area contributed by atoms with Gasteiger partial charge in [0.1, 0.15) is 11.6 Å². The molecule has 1 aromatic rings. The quantitative estimate of drug-likeness (QED) is 0.759. The summed E-state index contributed by atoms with van der Waals surface area (Å²) in [5.41, 5.74) is 5.79. The average Bonchev–Trinajstić information content (AvgIpc) is 2.03. The van der Waals surface area contributed by atoms with Gasteiger partial charge in [-0.2, -0.15) is 5.26 Å². The average molecular weight is 182 g/mol. The lowest BCUT2D eigenvalue weighted by Crippen LogP contribution is -2.09. The second-order valence-corrected chi connectivity index (χ2v) is 2.67. The van der Waals surface area contributed by atoms with E-state index >= 15 is 0 Å². The summed E-state index contributed by atoms with van der Waals surface area (Å²) in [4.78, 5) is 0. The van der Waals surface area contributed by atoms with Crippen molar-refractivity contribution in [2.75, 3.05) is 0 Å². The fraction of sp³-hybridized carbons (Fsp3) is 0.222. The molecule has 0 aliphatic carbocycles. The predicted octanol–water partition coefficient (Wildman–Crippen LogP) is 1.88. The summed E-state index contributed by atoms with van der Waals surface area (Å²) in [6.45, 7) is 0. The minimum atomic E-state index is -0.677. The molecule has 0 aliphatic rings. The second kappa shape index (κ2) is 3.97. The molecule has 2 nitrogen and oxygen atoms in total. The van der Waals surface area contributed by atoms with Gasteiger partial charge in [-0.1, -0.05) is 0 Å². The van der Waals surface area contributed by atoms with Crippen LogP contribution in [0.25, 0.3) is 0 Å². The van der Waals surface area contributed by atoms with Crippen molar-refractivity contribution < 1.29 is 8.78 Å². The summed E-state index contributed by atoms with van der Waals surface area (Å²) in [6, 6.07) is 4.23. The van der Waals surface area contributed by atoms with Crippen molar-refractivity contribution >= 4 is 0 Å². The first-order valence-electron chi connectivity index (χ1n) is 3.72. The molecule has 0 unspecified atom stereocenters. The highest BCUT2D eigenvalue weighted by Crippen LogP contribution is 2.16. The number of hydrogen-bond acceptors (Lipinski definition) is 2. The Hall–Kier alpha value is -1.47. The van der Waals surface area contributed by atoms with E-state index in [1.807, 2.05) is 6.07 Å². The van der Waals surface area contributed by atoms with Crippen molar-refractivity contribution in [1.82, 2.24) is 0 Å². The molecular formula is C9H8F2N2. The molecule has 1 aromatic carbocycles. The van der Waals surface area contributed by atoms with Gasteiger partial charge < -0.3 is 5.73 Å². The third-order valence-corrected chi connectivity index (χ3v) is 1.62. The van der Waals surface area contributed by atoms with E-state index in [0.29, 0.717) is 5.56 Å². The van der Waals surface area contributed by atoms with Gasteiger partial charge >= 0.3 is 0 Å². The lowest BCUT2D eigenvalue weighted by molar-refractivity contribution is 0.574. The van der Waals surface area contributed by atoms with Crippen LogP contribution in [0.2, 0.25) is 0 Å². The predicted molar refractivity (Wildman–Crippen MR) is 43.5 cm³/mol. The molecule has 0 saturated carbocycles. The van der Waals surface area contributed by atoms with Crippen LogP contribution in [0.15, 0.2) is 18.2 Å². The summed E-state index contributed by atoms with van der Waals surface area (Å²) < 4.78 is 25.3. The Bertz CT molecular complexity index is 324. The smallest absolute Gasteiger partial charge is 0.126 e. The molecule has 2 N–H and O–H groups in total. The van der Waals surface area contributed by atoms with Crippen LogP contribution < -0.4 is 5.73 Å². The maximum atomic E-state index is 12.7.